The van der Waals surface area contributed by atoms with Crippen molar-refractivity contribution in [3.63, 3.8) is 0 Å². The number of amides is 2. The summed E-state index contributed by atoms with van der Waals surface area (Å²) in [5, 5.41) is 24.0. The first-order valence-electron chi connectivity index (χ1n) is 17.3. The number of carbonyl (C=O) groups excluding carboxylic acids is 3. The van der Waals surface area contributed by atoms with Gasteiger partial charge in [-0.2, -0.15) is 0 Å². The minimum Gasteiger partial charge on any atom is -0.481 e. The molecule has 278 valence electrons. The van der Waals surface area contributed by atoms with Crippen LogP contribution in [0.5, 0.6) is 0 Å². The summed E-state index contributed by atoms with van der Waals surface area (Å²) in [5.74, 6) is -3.76. The topological polar surface area (TPSA) is 205 Å². The smallest absolute Gasteiger partial charge is 0.407 e. The van der Waals surface area contributed by atoms with Crippen molar-refractivity contribution in [2.24, 2.45) is 0 Å². The van der Waals surface area contributed by atoms with Gasteiger partial charge in [0.15, 0.2) is 0 Å². The Balaban J connectivity index is 1.26. The Bertz CT molecular complexity index is 1650. The maximum Gasteiger partial charge on any atom is 0.407 e. The van der Waals surface area contributed by atoms with Crippen LogP contribution in [0.2, 0.25) is 0 Å². The molecular formula is C38H47N5O9. The number of carbonyl (C=O) groups is 5. The molecule has 2 amide bonds. The molecule has 1 heterocycles. The Morgan fingerprint density at radius 3 is 2.10 bits per heavy atom. The first-order valence-corrected chi connectivity index (χ1v) is 17.3. The van der Waals surface area contributed by atoms with Gasteiger partial charge >= 0.3 is 24.0 Å². The summed E-state index contributed by atoms with van der Waals surface area (Å²) in [7, 11) is 0. The molecule has 0 saturated carbocycles. The molecule has 0 aliphatic heterocycles. The molecule has 1 aliphatic rings. The molecule has 0 fully saturated rings. The minimum absolute atomic E-state index is 0.0632. The third-order valence-corrected chi connectivity index (χ3v) is 8.39. The van der Waals surface area contributed by atoms with Crippen molar-refractivity contribution >= 4 is 29.9 Å². The standard InChI is InChI=1S/C38H47N5O9/c1-38(2,3)52-36(49)31(17-18-33(44)45)41-34(46)32(21-24-11-10-19-39-22-24)43-40-20-9-8-16-30(35(47)48)42-37(50)51-23-29-27-14-6-4-12-25(27)26-13-5-7-15-28(26)29/h4-7,10-15,19,22,29-32,40,43H,8-9,16-18,20-21,23H2,1-3H3,(H,41,46)(H,42,50)(H,44,45)(H,47,48)/t30-,31-,32-/m0/s1. The van der Waals surface area contributed by atoms with E-state index < -0.39 is 53.6 Å². The van der Waals surface area contributed by atoms with Crippen LogP contribution in [-0.4, -0.2) is 82.0 Å². The molecule has 1 aromatic heterocycles. The molecule has 14 heteroatoms. The Kier molecular flexibility index (Phi) is 14.2. The van der Waals surface area contributed by atoms with Crippen LogP contribution in [0.1, 0.15) is 75.5 Å². The predicted molar refractivity (Wildman–Crippen MR) is 191 cm³/mol. The number of aromatic nitrogens is 1. The van der Waals surface area contributed by atoms with Crippen molar-refractivity contribution in [2.45, 2.75) is 88.9 Å². The number of aliphatic carboxylic acids is 2. The zero-order chi connectivity index (χ0) is 37.7. The zero-order valence-electron chi connectivity index (χ0n) is 29.6. The number of ether oxygens (including phenoxy) is 2. The van der Waals surface area contributed by atoms with Crippen molar-refractivity contribution in [2.75, 3.05) is 13.2 Å². The first-order chi connectivity index (χ1) is 24.8. The van der Waals surface area contributed by atoms with E-state index in [0.717, 1.165) is 27.8 Å². The molecule has 0 saturated heterocycles. The molecule has 0 bridgehead atoms. The number of hydrogen-bond donors (Lipinski definition) is 6. The van der Waals surface area contributed by atoms with Crippen LogP contribution in [0, 0.1) is 0 Å². The highest BCUT2D eigenvalue weighted by molar-refractivity contribution is 5.88. The molecule has 0 radical (unpaired) electrons. The van der Waals surface area contributed by atoms with Gasteiger partial charge in [-0.15, -0.1) is 0 Å². The number of unbranched alkanes of at least 4 members (excludes halogenated alkanes) is 1. The average Bonchev–Trinajstić information content (AvgIpc) is 3.42. The van der Waals surface area contributed by atoms with Crippen LogP contribution < -0.4 is 21.5 Å². The second kappa shape index (κ2) is 18.8. The largest absolute Gasteiger partial charge is 0.481 e. The number of fused-ring (bicyclic) bond motifs is 3. The summed E-state index contributed by atoms with van der Waals surface area (Å²) < 4.78 is 10.9. The third kappa shape index (κ3) is 11.9. The van der Waals surface area contributed by atoms with Crippen LogP contribution >= 0.6 is 0 Å². The van der Waals surface area contributed by atoms with Crippen molar-refractivity contribution in [3.8, 4) is 11.1 Å². The second-order valence-corrected chi connectivity index (χ2v) is 13.6. The molecule has 3 atom stereocenters. The Hall–Kier alpha value is -5.34. The molecule has 14 nitrogen and oxygen atoms in total. The van der Waals surface area contributed by atoms with Gasteiger partial charge in [-0.05, 0) is 86.8 Å². The number of alkyl carbamates (subject to hydrolysis) is 1. The van der Waals surface area contributed by atoms with Gasteiger partial charge in [-0.3, -0.25) is 20.0 Å². The van der Waals surface area contributed by atoms with E-state index in [-0.39, 0.29) is 38.2 Å². The van der Waals surface area contributed by atoms with Crippen LogP contribution in [0.3, 0.4) is 0 Å². The van der Waals surface area contributed by atoms with Gasteiger partial charge in [-0.1, -0.05) is 54.6 Å². The van der Waals surface area contributed by atoms with Crippen molar-refractivity contribution < 1.29 is 43.7 Å². The second-order valence-electron chi connectivity index (χ2n) is 13.6. The van der Waals surface area contributed by atoms with Gasteiger partial charge in [0.1, 0.15) is 30.3 Å². The average molecular weight is 718 g/mol. The summed E-state index contributed by atoms with van der Waals surface area (Å²) in [6.45, 7) is 5.42. The maximum atomic E-state index is 13.4. The molecule has 1 aliphatic carbocycles. The summed E-state index contributed by atoms with van der Waals surface area (Å²) in [5.41, 5.74) is 10.1. The fraction of sp³-hybridized carbons (Fsp3) is 0.421. The molecule has 6 N–H and O–H groups in total. The number of esters is 1. The number of carboxylic acid groups (broad SMARTS) is 2. The van der Waals surface area contributed by atoms with E-state index >= 15 is 0 Å². The Morgan fingerprint density at radius 2 is 1.50 bits per heavy atom. The predicted octanol–water partition coefficient (Wildman–Crippen LogP) is 3.94. The first kappa shape index (κ1) is 39.4. The van der Waals surface area contributed by atoms with E-state index in [1.165, 1.54) is 0 Å². The quantitative estimate of drug-likeness (QED) is 0.0593. The summed E-state index contributed by atoms with van der Waals surface area (Å²) in [4.78, 5) is 66.2. The molecule has 52 heavy (non-hydrogen) atoms. The van der Waals surface area contributed by atoms with Crippen LogP contribution in [0.15, 0.2) is 73.1 Å². The fourth-order valence-electron chi connectivity index (χ4n) is 5.92. The molecule has 4 rings (SSSR count). The third-order valence-electron chi connectivity index (χ3n) is 8.39. The van der Waals surface area contributed by atoms with E-state index in [4.69, 9.17) is 9.47 Å². The highest BCUT2D eigenvalue weighted by Crippen LogP contribution is 2.44. The minimum atomic E-state index is -1.18. The van der Waals surface area contributed by atoms with Crippen molar-refractivity contribution in [1.29, 1.82) is 0 Å². The number of rotatable bonds is 19. The van der Waals surface area contributed by atoms with Crippen LogP contribution in [0.4, 0.5) is 4.79 Å². The van der Waals surface area contributed by atoms with Crippen molar-refractivity contribution in [1.82, 2.24) is 26.5 Å². The van der Waals surface area contributed by atoms with Gasteiger partial charge in [0.25, 0.3) is 0 Å². The summed E-state index contributed by atoms with van der Waals surface area (Å²) >= 11 is 0. The fourth-order valence-corrected chi connectivity index (χ4v) is 5.92. The van der Waals surface area contributed by atoms with Gasteiger partial charge in [0, 0.05) is 31.3 Å². The monoisotopic (exact) mass is 717 g/mol. The lowest BCUT2D eigenvalue weighted by Gasteiger charge is -2.26. The van der Waals surface area contributed by atoms with Gasteiger partial charge in [-0.25, -0.2) is 19.8 Å². The summed E-state index contributed by atoms with van der Waals surface area (Å²) in [6.07, 6.45) is 3.13. The van der Waals surface area contributed by atoms with Crippen LogP contribution in [0.25, 0.3) is 11.1 Å². The van der Waals surface area contributed by atoms with E-state index in [2.05, 4.69) is 26.5 Å². The Morgan fingerprint density at radius 1 is 0.827 bits per heavy atom. The molecule has 0 unspecified atom stereocenters. The van der Waals surface area contributed by atoms with E-state index in [9.17, 15) is 34.2 Å². The number of hydrazine groups is 1. The van der Waals surface area contributed by atoms with Gasteiger partial charge in [0.2, 0.25) is 5.91 Å². The van der Waals surface area contributed by atoms with Crippen molar-refractivity contribution in [3.05, 3.63) is 89.7 Å². The van der Waals surface area contributed by atoms with E-state index in [1.54, 1.807) is 45.3 Å². The lowest BCUT2D eigenvalue weighted by Crippen LogP contribution is -2.55. The number of benzene rings is 2. The zero-order valence-corrected chi connectivity index (χ0v) is 29.6. The highest BCUT2D eigenvalue weighted by atomic mass is 16.6. The highest BCUT2D eigenvalue weighted by Gasteiger charge is 2.31. The molecule has 2 aromatic carbocycles. The maximum absolute atomic E-state index is 13.4. The van der Waals surface area contributed by atoms with Gasteiger partial charge < -0.3 is 30.3 Å². The Labute approximate surface area is 302 Å². The van der Waals surface area contributed by atoms with Gasteiger partial charge in [0.05, 0.1) is 0 Å². The SMILES string of the molecule is CC(C)(C)OC(=O)[C@H](CCC(=O)O)NC(=O)[C@H](Cc1cccnc1)NNCCCC[C@H](NC(=O)OCC1c2ccccc2-c2ccccc21)C(=O)O. The van der Waals surface area contributed by atoms with E-state index in [1.807, 2.05) is 48.5 Å². The van der Waals surface area contributed by atoms with E-state index in [0.29, 0.717) is 19.4 Å². The molecular weight excluding hydrogens is 670 g/mol. The number of nitrogens with zero attached hydrogens (tertiary/aromatic N) is 1. The lowest BCUT2D eigenvalue weighted by atomic mass is 9.98. The number of pyridine rings is 1. The number of carboxylic acids is 2. The normalized spacial score (nSPS) is 13.9. The lowest BCUT2D eigenvalue weighted by molar-refractivity contribution is -0.159. The molecule has 0 spiro atoms. The summed E-state index contributed by atoms with van der Waals surface area (Å²) in [6, 6.07) is 16.1. The van der Waals surface area contributed by atoms with Crippen LogP contribution in [-0.2, 0) is 35.1 Å². The number of hydrogen-bond acceptors (Lipinski definition) is 10. The molecule has 3 aromatic rings. The number of nitrogens with one attached hydrogen (secondary N) is 4.